The summed E-state index contributed by atoms with van der Waals surface area (Å²) in [6, 6.07) is 8.97. The third-order valence-electron chi connectivity index (χ3n) is 7.27. The number of ether oxygens (including phenoxy) is 2. The maximum Gasteiger partial charge on any atom is 0.159 e. The smallest absolute Gasteiger partial charge is 0.159 e. The third kappa shape index (κ3) is 2.14. The third-order valence-corrected chi connectivity index (χ3v) is 7.27. The summed E-state index contributed by atoms with van der Waals surface area (Å²) in [5.41, 5.74) is 2.88. The number of aryl methyl sites for hydroxylation is 1. The number of benzene rings is 1. The quantitative estimate of drug-likeness (QED) is 0.846. The molecule has 0 amide bonds. The molecule has 3 aliphatic carbocycles. The summed E-state index contributed by atoms with van der Waals surface area (Å²) in [4.78, 5) is 12.8. The molecule has 2 saturated carbocycles. The number of Topliss-reactive ketones (excluding diaryl/α,β-unsaturated/α-hetero) is 1. The van der Waals surface area contributed by atoms with Crippen molar-refractivity contribution in [3.8, 4) is 0 Å². The highest BCUT2D eigenvalue weighted by Crippen LogP contribution is 2.59. The van der Waals surface area contributed by atoms with E-state index in [-0.39, 0.29) is 11.7 Å². The lowest BCUT2D eigenvalue weighted by Gasteiger charge is -2.49. The number of carbonyl (C=O) groups is 1. The fourth-order valence-electron chi connectivity index (χ4n) is 5.96. The van der Waals surface area contributed by atoms with Crippen molar-refractivity contribution in [2.24, 2.45) is 17.3 Å². The van der Waals surface area contributed by atoms with Crippen molar-refractivity contribution in [3.63, 3.8) is 0 Å². The first kappa shape index (κ1) is 15.1. The highest BCUT2D eigenvalue weighted by Gasteiger charge is 2.57. The predicted molar refractivity (Wildman–Crippen MR) is 90.7 cm³/mol. The van der Waals surface area contributed by atoms with E-state index in [1.165, 1.54) is 18.4 Å². The molecule has 5 atom stereocenters. The first-order valence-electron chi connectivity index (χ1n) is 9.62. The largest absolute Gasteiger partial charge is 0.352 e. The molecule has 4 aliphatic rings. The normalized spacial score (nSPS) is 40.4. The Labute approximate surface area is 143 Å². The van der Waals surface area contributed by atoms with Crippen molar-refractivity contribution >= 4 is 5.78 Å². The molecule has 1 aromatic carbocycles. The number of fused-ring (bicyclic) bond motifs is 5. The average Bonchev–Trinajstić information content (AvgIpc) is 2.90. The first-order chi connectivity index (χ1) is 11.8. The van der Waals surface area contributed by atoms with Crippen LogP contribution in [0.15, 0.2) is 24.3 Å². The van der Waals surface area contributed by atoms with Gasteiger partial charge in [-0.1, -0.05) is 24.3 Å². The van der Waals surface area contributed by atoms with Crippen LogP contribution in [-0.2, 0) is 20.7 Å². The van der Waals surface area contributed by atoms with Gasteiger partial charge in [-0.25, -0.2) is 0 Å². The lowest BCUT2D eigenvalue weighted by atomic mass is 9.55. The van der Waals surface area contributed by atoms with E-state index in [2.05, 4.69) is 24.3 Å². The summed E-state index contributed by atoms with van der Waals surface area (Å²) in [5.74, 6) is 2.28. The molecule has 3 nitrogen and oxygen atoms in total. The average molecular weight is 326 g/mol. The van der Waals surface area contributed by atoms with Crippen LogP contribution in [0.1, 0.15) is 55.6 Å². The van der Waals surface area contributed by atoms with Gasteiger partial charge in [0.15, 0.2) is 6.29 Å². The monoisotopic (exact) mass is 326 g/mol. The van der Waals surface area contributed by atoms with Crippen LogP contribution in [-0.4, -0.2) is 25.3 Å². The molecule has 1 aliphatic heterocycles. The van der Waals surface area contributed by atoms with Crippen molar-refractivity contribution in [2.45, 2.75) is 57.2 Å². The van der Waals surface area contributed by atoms with Crippen LogP contribution >= 0.6 is 0 Å². The zero-order valence-electron chi connectivity index (χ0n) is 14.2. The van der Waals surface area contributed by atoms with Crippen LogP contribution in [0, 0.1) is 17.3 Å². The van der Waals surface area contributed by atoms with E-state index < -0.39 is 0 Å². The van der Waals surface area contributed by atoms with Crippen LogP contribution in [0.2, 0.25) is 0 Å². The van der Waals surface area contributed by atoms with Crippen LogP contribution in [0.3, 0.4) is 0 Å². The van der Waals surface area contributed by atoms with Gasteiger partial charge in [0.1, 0.15) is 5.78 Å². The van der Waals surface area contributed by atoms with Crippen LogP contribution < -0.4 is 0 Å². The molecule has 24 heavy (non-hydrogen) atoms. The highest BCUT2D eigenvalue weighted by molar-refractivity contribution is 5.87. The first-order valence-corrected chi connectivity index (χ1v) is 9.62. The van der Waals surface area contributed by atoms with Gasteiger partial charge in [0.25, 0.3) is 0 Å². The maximum atomic E-state index is 12.8. The second kappa shape index (κ2) is 5.67. The number of ketones is 1. The zero-order valence-corrected chi connectivity index (χ0v) is 14.2. The minimum Gasteiger partial charge on any atom is -0.352 e. The molecule has 1 aromatic rings. The van der Waals surface area contributed by atoms with Gasteiger partial charge >= 0.3 is 0 Å². The van der Waals surface area contributed by atoms with Gasteiger partial charge in [-0.05, 0) is 61.0 Å². The van der Waals surface area contributed by atoms with E-state index in [4.69, 9.17) is 9.47 Å². The zero-order chi connectivity index (χ0) is 16.1. The summed E-state index contributed by atoms with van der Waals surface area (Å²) in [5, 5.41) is 0. The van der Waals surface area contributed by atoms with E-state index in [1.807, 2.05) is 0 Å². The van der Waals surface area contributed by atoms with Gasteiger partial charge in [-0.15, -0.1) is 0 Å². The summed E-state index contributed by atoms with van der Waals surface area (Å²) in [6.45, 7) is 1.39. The Balaban J connectivity index is 1.43. The molecule has 128 valence electrons. The van der Waals surface area contributed by atoms with E-state index in [9.17, 15) is 4.79 Å². The van der Waals surface area contributed by atoms with Gasteiger partial charge in [-0.3, -0.25) is 4.79 Å². The molecule has 5 rings (SSSR count). The van der Waals surface area contributed by atoms with Crippen molar-refractivity contribution in [1.82, 2.24) is 0 Å². The SMILES string of the molecule is O=C1CC[C@H]2[C@@H]3CCc4ccccc4[C@H]3CC[C@]12COC1CCO1. The van der Waals surface area contributed by atoms with Gasteiger partial charge in [0.2, 0.25) is 0 Å². The second-order valence-corrected chi connectivity index (χ2v) is 8.17. The molecular weight excluding hydrogens is 300 g/mol. The van der Waals surface area contributed by atoms with E-state index in [0.29, 0.717) is 30.1 Å². The second-order valence-electron chi connectivity index (χ2n) is 8.17. The minimum atomic E-state index is -0.216. The number of hydrogen-bond donors (Lipinski definition) is 0. The van der Waals surface area contributed by atoms with Gasteiger partial charge < -0.3 is 9.47 Å². The summed E-state index contributed by atoms with van der Waals surface area (Å²) in [7, 11) is 0. The number of rotatable bonds is 3. The van der Waals surface area contributed by atoms with Crippen molar-refractivity contribution in [2.75, 3.05) is 13.2 Å². The predicted octanol–water partition coefficient (Wildman–Crippen LogP) is 3.85. The summed E-state index contributed by atoms with van der Waals surface area (Å²) in [6.07, 6.45) is 7.29. The van der Waals surface area contributed by atoms with Crippen LogP contribution in [0.4, 0.5) is 0 Å². The molecule has 1 heterocycles. The molecule has 0 spiro atoms. The van der Waals surface area contributed by atoms with E-state index in [1.54, 1.807) is 5.56 Å². The van der Waals surface area contributed by atoms with Crippen molar-refractivity contribution in [1.29, 1.82) is 0 Å². The Morgan fingerprint density at radius 3 is 2.83 bits per heavy atom. The van der Waals surface area contributed by atoms with Gasteiger partial charge in [0.05, 0.1) is 18.6 Å². The highest BCUT2D eigenvalue weighted by atomic mass is 16.7. The fraction of sp³-hybridized carbons (Fsp3) is 0.667. The Morgan fingerprint density at radius 1 is 1.12 bits per heavy atom. The van der Waals surface area contributed by atoms with Crippen LogP contribution in [0.5, 0.6) is 0 Å². The van der Waals surface area contributed by atoms with E-state index >= 15 is 0 Å². The Hall–Kier alpha value is -1.19. The summed E-state index contributed by atoms with van der Waals surface area (Å²) < 4.78 is 11.4. The molecule has 0 bridgehead atoms. The Bertz CT molecular complexity index is 650. The molecule has 3 fully saturated rings. The molecule has 0 radical (unpaired) electrons. The number of hydrogen-bond acceptors (Lipinski definition) is 3. The Morgan fingerprint density at radius 2 is 2.00 bits per heavy atom. The van der Waals surface area contributed by atoms with Gasteiger partial charge in [0, 0.05) is 12.8 Å². The fourth-order valence-corrected chi connectivity index (χ4v) is 5.96. The van der Waals surface area contributed by atoms with Crippen molar-refractivity contribution < 1.29 is 14.3 Å². The molecule has 0 aromatic heterocycles. The van der Waals surface area contributed by atoms with E-state index in [0.717, 1.165) is 38.7 Å². The lowest BCUT2D eigenvalue weighted by Crippen LogP contribution is -2.48. The molecule has 1 saturated heterocycles. The Kier molecular flexibility index (Phi) is 3.57. The standard InChI is InChI=1S/C21H26O3/c22-19-8-7-18-17-6-5-14-3-1-2-4-15(14)16(17)9-11-21(18,19)13-24-20-10-12-23-20/h1-4,16-18,20H,5-13H2/t16-,17-,18+,20?,21-/m1/s1. The molecule has 3 heteroatoms. The summed E-state index contributed by atoms with van der Waals surface area (Å²) >= 11 is 0. The molecular formula is C21H26O3. The van der Waals surface area contributed by atoms with Crippen LogP contribution in [0.25, 0.3) is 0 Å². The van der Waals surface area contributed by atoms with Gasteiger partial charge in [-0.2, -0.15) is 0 Å². The lowest BCUT2D eigenvalue weighted by molar-refractivity contribution is -0.231. The van der Waals surface area contributed by atoms with Crippen molar-refractivity contribution in [3.05, 3.63) is 35.4 Å². The topological polar surface area (TPSA) is 35.5 Å². The molecule has 0 N–H and O–H groups in total. The molecule has 1 unspecified atom stereocenters. The minimum absolute atomic E-state index is 0.0572. The number of carbonyl (C=O) groups excluding carboxylic acids is 1. The maximum absolute atomic E-state index is 12.8.